The summed E-state index contributed by atoms with van der Waals surface area (Å²) in [6.45, 7) is 7.61. The molecule has 0 heterocycles. The Morgan fingerprint density at radius 1 is 1.30 bits per heavy atom. The molecule has 0 aliphatic heterocycles. The fourth-order valence-electron chi connectivity index (χ4n) is 4.12. The molecular weight excluding hydrogens is 272 g/mol. The van der Waals surface area contributed by atoms with Crippen LogP contribution in [0.25, 0.3) is 0 Å². The van der Waals surface area contributed by atoms with Gasteiger partial charge in [0.25, 0.3) is 0 Å². The first-order valence-corrected chi connectivity index (χ1v) is 7.93. The van der Waals surface area contributed by atoms with Gasteiger partial charge in [-0.2, -0.15) is 0 Å². The predicted octanol–water partition coefficient (Wildman–Crippen LogP) is 3.11. The van der Waals surface area contributed by atoms with Crippen molar-refractivity contribution in [2.75, 3.05) is 6.54 Å². The van der Waals surface area contributed by atoms with Gasteiger partial charge < -0.3 is 11.1 Å². The largest absolute Gasteiger partial charge is 0.353 e. The van der Waals surface area contributed by atoms with Crippen molar-refractivity contribution in [2.45, 2.75) is 65.3 Å². The van der Waals surface area contributed by atoms with Crippen LogP contribution in [0.15, 0.2) is 0 Å². The molecule has 3 nitrogen and oxygen atoms in total. The van der Waals surface area contributed by atoms with E-state index in [2.05, 4.69) is 26.1 Å². The van der Waals surface area contributed by atoms with Crippen LogP contribution in [-0.4, -0.2) is 18.5 Å². The highest BCUT2D eigenvalue weighted by Gasteiger charge is 2.36. The van der Waals surface area contributed by atoms with Gasteiger partial charge in [-0.15, -0.1) is 12.4 Å². The third-order valence-electron chi connectivity index (χ3n) is 5.32. The summed E-state index contributed by atoms with van der Waals surface area (Å²) in [4.78, 5) is 12.4. The van der Waals surface area contributed by atoms with Crippen molar-refractivity contribution in [1.82, 2.24) is 5.32 Å². The standard InChI is InChI=1S/C16H30N2O.ClH/c1-11-9-16(2,3)8-7-14(11)18-15(19)13-6-4-5-12(13)10-17;/h11-14H,4-10,17H2,1-3H3,(H,18,19);1H/t11?,12-,13-,14?;/m1./s1. The fourth-order valence-corrected chi connectivity index (χ4v) is 4.12. The molecule has 4 atom stereocenters. The molecule has 3 N–H and O–H groups in total. The first kappa shape index (κ1) is 17.8. The average Bonchev–Trinajstić information content (AvgIpc) is 2.80. The minimum absolute atomic E-state index is 0. The van der Waals surface area contributed by atoms with Gasteiger partial charge in [0.1, 0.15) is 0 Å². The number of carbonyl (C=O) groups excluding carboxylic acids is 1. The molecule has 0 spiro atoms. The van der Waals surface area contributed by atoms with E-state index in [1.54, 1.807) is 0 Å². The van der Waals surface area contributed by atoms with Crippen molar-refractivity contribution in [3.8, 4) is 0 Å². The number of nitrogens with one attached hydrogen (secondary N) is 1. The van der Waals surface area contributed by atoms with Crippen LogP contribution in [-0.2, 0) is 4.79 Å². The Morgan fingerprint density at radius 2 is 2.00 bits per heavy atom. The molecule has 2 unspecified atom stereocenters. The summed E-state index contributed by atoms with van der Waals surface area (Å²) in [5.41, 5.74) is 6.22. The smallest absolute Gasteiger partial charge is 0.223 e. The summed E-state index contributed by atoms with van der Waals surface area (Å²) >= 11 is 0. The molecule has 118 valence electrons. The topological polar surface area (TPSA) is 55.1 Å². The van der Waals surface area contributed by atoms with Crippen LogP contribution in [0.2, 0.25) is 0 Å². The van der Waals surface area contributed by atoms with Crippen LogP contribution >= 0.6 is 12.4 Å². The molecule has 0 radical (unpaired) electrons. The van der Waals surface area contributed by atoms with Gasteiger partial charge >= 0.3 is 0 Å². The zero-order valence-corrected chi connectivity index (χ0v) is 14.0. The molecule has 4 heteroatoms. The molecule has 2 fully saturated rings. The lowest BCUT2D eigenvalue weighted by Gasteiger charge is -2.40. The number of hydrogen-bond acceptors (Lipinski definition) is 2. The van der Waals surface area contributed by atoms with Gasteiger partial charge in [-0.1, -0.05) is 27.2 Å². The monoisotopic (exact) mass is 302 g/mol. The number of nitrogens with two attached hydrogens (primary N) is 1. The van der Waals surface area contributed by atoms with Crippen molar-refractivity contribution < 1.29 is 4.79 Å². The van der Waals surface area contributed by atoms with E-state index in [9.17, 15) is 4.79 Å². The zero-order chi connectivity index (χ0) is 14.0. The van der Waals surface area contributed by atoms with E-state index < -0.39 is 0 Å². The molecule has 20 heavy (non-hydrogen) atoms. The Morgan fingerprint density at radius 3 is 2.60 bits per heavy atom. The quantitative estimate of drug-likeness (QED) is 0.841. The first-order chi connectivity index (χ1) is 8.93. The molecule has 0 bridgehead atoms. The summed E-state index contributed by atoms with van der Waals surface area (Å²) in [5.74, 6) is 1.44. The van der Waals surface area contributed by atoms with Gasteiger partial charge in [0, 0.05) is 12.0 Å². The highest BCUT2D eigenvalue weighted by molar-refractivity contribution is 5.85. The molecule has 1 amide bonds. The molecule has 2 aliphatic carbocycles. The van der Waals surface area contributed by atoms with E-state index in [4.69, 9.17) is 5.73 Å². The molecule has 2 saturated carbocycles. The highest BCUT2D eigenvalue weighted by atomic mass is 35.5. The molecule has 2 rings (SSSR count). The molecular formula is C16H31ClN2O. The van der Waals surface area contributed by atoms with E-state index in [-0.39, 0.29) is 24.2 Å². The number of hydrogen-bond donors (Lipinski definition) is 2. The van der Waals surface area contributed by atoms with Gasteiger partial charge in [0.05, 0.1) is 0 Å². The third kappa shape index (κ3) is 4.11. The van der Waals surface area contributed by atoms with E-state index >= 15 is 0 Å². The van der Waals surface area contributed by atoms with Crippen LogP contribution in [0.1, 0.15) is 59.3 Å². The Labute approximate surface area is 129 Å². The lowest BCUT2D eigenvalue weighted by molar-refractivity contribution is -0.127. The predicted molar refractivity (Wildman–Crippen MR) is 85.9 cm³/mol. The number of halogens is 1. The van der Waals surface area contributed by atoms with Gasteiger partial charge in [0.2, 0.25) is 5.91 Å². The fraction of sp³-hybridized carbons (Fsp3) is 0.938. The van der Waals surface area contributed by atoms with Crippen molar-refractivity contribution in [2.24, 2.45) is 28.9 Å². The SMILES string of the molecule is CC1CC(C)(C)CCC1NC(=O)[C@@H]1CCC[C@@H]1CN.Cl. The lowest BCUT2D eigenvalue weighted by Crippen LogP contribution is -2.47. The van der Waals surface area contributed by atoms with Crippen molar-refractivity contribution in [3.05, 3.63) is 0 Å². The number of amides is 1. The third-order valence-corrected chi connectivity index (χ3v) is 5.32. The Balaban J connectivity index is 0.00000200. The van der Waals surface area contributed by atoms with Crippen LogP contribution in [0, 0.1) is 23.2 Å². The van der Waals surface area contributed by atoms with Crippen LogP contribution in [0.4, 0.5) is 0 Å². The van der Waals surface area contributed by atoms with E-state index in [1.165, 1.54) is 12.8 Å². The summed E-state index contributed by atoms with van der Waals surface area (Å²) in [6.07, 6.45) is 6.87. The maximum atomic E-state index is 12.4. The van der Waals surface area contributed by atoms with Crippen molar-refractivity contribution >= 4 is 18.3 Å². The van der Waals surface area contributed by atoms with Gasteiger partial charge in [-0.25, -0.2) is 0 Å². The summed E-state index contributed by atoms with van der Waals surface area (Å²) in [6, 6.07) is 0.375. The second kappa shape index (κ2) is 7.13. The maximum Gasteiger partial charge on any atom is 0.223 e. The van der Waals surface area contributed by atoms with E-state index in [0.717, 1.165) is 25.7 Å². The summed E-state index contributed by atoms with van der Waals surface area (Å²) in [7, 11) is 0. The molecule has 0 aromatic carbocycles. The molecule has 2 aliphatic rings. The molecule has 0 saturated heterocycles. The van der Waals surface area contributed by atoms with Crippen LogP contribution < -0.4 is 11.1 Å². The summed E-state index contributed by atoms with van der Waals surface area (Å²) in [5, 5.41) is 3.32. The Kier molecular flexibility index (Phi) is 6.33. The lowest BCUT2D eigenvalue weighted by atomic mass is 9.70. The number of rotatable bonds is 3. The van der Waals surface area contributed by atoms with Crippen LogP contribution in [0.5, 0.6) is 0 Å². The minimum atomic E-state index is 0. The molecule has 0 aromatic heterocycles. The second-order valence-electron chi connectivity index (χ2n) is 7.53. The number of carbonyl (C=O) groups is 1. The van der Waals surface area contributed by atoms with Gasteiger partial charge in [0.15, 0.2) is 0 Å². The maximum absolute atomic E-state index is 12.4. The van der Waals surface area contributed by atoms with E-state index in [1.807, 2.05) is 0 Å². The second-order valence-corrected chi connectivity index (χ2v) is 7.53. The van der Waals surface area contributed by atoms with Crippen LogP contribution in [0.3, 0.4) is 0 Å². The Hall–Kier alpha value is -0.280. The normalized spacial score (nSPS) is 36.2. The van der Waals surface area contributed by atoms with Gasteiger partial charge in [-0.3, -0.25) is 4.79 Å². The van der Waals surface area contributed by atoms with Crippen molar-refractivity contribution in [3.63, 3.8) is 0 Å². The summed E-state index contributed by atoms with van der Waals surface area (Å²) < 4.78 is 0. The van der Waals surface area contributed by atoms with Gasteiger partial charge in [-0.05, 0) is 55.9 Å². The molecule has 0 aromatic rings. The Bertz CT molecular complexity index is 332. The first-order valence-electron chi connectivity index (χ1n) is 7.93. The van der Waals surface area contributed by atoms with E-state index in [0.29, 0.717) is 29.8 Å². The highest BCUT2D eigenvalue weighted by Crippen LogP contribution is 2.39. The minimum Gasteiger partial charge on any atom is -0.353 e. The average molecular weight is 303 g/mol. The van der Waals surface area contributed by atoms with Crippen molar-refractivity contribution in [1.29, 1.82) is 0 Å². The zero-order valence-electron chi connectivity index (χ0n) is 13.2.